The Bertz CT molecular complexity index is 1410. The minimum Gasteiger partial charge on any atom is -0.493 e. The zero-order valence-corrected chi connectivity index (χ0v) is 19.5. The van der Waals surface area contributed by atoms with Crippen molar-refractivity contribution in [3.63, 3.8) is 0 Å². The molecule has 5 nitrogen and oxygen atoms in total. The molecule has 0 N–H and O–H groups in total. The Morgan fingerprint density at radius 2 is 1.61 bits per heavy atom. The van der Waals surface area contributed by atoms with E-state index in [2.05, 4.69) is 5.10 Å². The lowest BCUT2D eigenvalue weighted by molar-refractivity contribution is -0.114. The molecule has 0 aliphatic carbocycles. The van der Waals surface area contributed by atoms with Crippen molar-refractivity contribution in [1.82, 2.24) is 0 Å². The Hall–Kier alpha value is -3.92. The molecule has 4 rings (SSSR count). The van der Waals surface area contributed by atoms with E-state index in [-0.39, 0.29) is 22.9 Å². The zero-order valence-electron chi connectivity index (χ0n) is 18.7. The van der Waals surface area contributed by atoms with Crippen LogP contribution in [-0.2, 0) is 11.4 Å². The van der Waals surface area contributed by atoms with E-state index in [0.717, 1.165) is 5.56 Å². The summed E-state index contributed by atoms with van der Waals surface area (Å²) in [5.41, 5.74) is -0.314. The number of rotatable bonds is 6. The molecule has 1 heterocycles. The number of hydrazone groups is 1. The van der Waals surface area contributed by atoms with Gasteiger partial charge in [0.1, 0.15) is 12.3 Å². The van der Waals surface area contributed by atoms with Gasteiger partial charge in [0.2, 0.25) is 5.82 Å². The lowest BCUT2D eigenvalue weighted by Gasteiger charge is -2.15. The minimum absolute atomic E-state index is 0.00388. The van der Waals surface area contributed by atoms with Crippen molar-refractivity contribution in [2.75, 3.05) is 12.1 Å². The number of nitrogens with zero attached hydrogens (tertiary/aromatic N) is 2. The van der Waals surface area contributed by atoms with E-state index in [4.69, 9.17) is 21.1 Å². The molecule has 3 aromatic rings. The molecular weight excluding hydrogens is 507 g/mol. The molecule has 1 aliphatic rings. The third-order valence-electron chi connectivity index (χ3n) is 5.24. The first kappa shape index (κ1) is 25.2. The van der Waals surface area contributed by atoms with Gasteiger partial charge < -0.3 is 9.47 Å². The van der Waals surface area contributed by atoms with Crippen LogP contribution in [0.3, 0.4) is 0 Å². The molecule has 0 spiro atoms. The Labute approximate surface area is 207 Å². The lowest BCUT2D eigenvalue weighted by Crippen LogP contribution is -2.25. The largest absolute Gasteiger partial charge is 0.493 e. The van der Waals surface area contributed by atoms with Crippen LogP contribution in [0.4, 0.5) is 27.6 Å². The standard InChI is InChI=1S/C25H16ClF5N2O3/c1-12-16(25(34)33(32-12)24-22(30)20(28)19(27)21(29)23(24)31)9-13-6-7-17(18(10-13)35-2)36-11-14-4-3-5-15(26)8-14/h3-10H,11H2,1-2H3/b16-9-. The summed E-state index contributed by atoms with van der Waals surface area (Å²) in [6.45, 7) is 1.56. The third-order valence-corrected chi connectivity index (χ3v) is 5.48. The molecule has 1 aliphatic heterocycles. The Morgan fingerprint density at radius 1 is 0.944 bits per heavy atom. The molecule has 0 radical (unpaired) electrons. The van der Waals surface area contributed by atoms with E-state index < -0.39 is 40.7 Å². The number of carbonyl (C=O) groups excluding carboxylic acids is 1. The molecule has 0 saturated carbocycles. The highest BCUT2D eigenvalue weighted by molar-refractivity contribution is 6.32. The maximum Gasteiger partial charge on any atom is 0.280 e. The fraction of sp³-hybridized carbons (Fsp3) is 0.120. The van der Waals surface area contributed by atoms with Gasteiger partial charge in [0.05, 0.1) is 18.4 Å². The monoisotopic (exact) mass is 522 g/mol. The van der Waals surface area contributed by atoms with Gasteiger partial charge in [-0.05, 0) is 48.4 Å². The van der Waals surface area contributed by atoms with Crippen molar-refractivity contribution in [3.05, 3.63) is 93.3 Å². The van der Waals surface area contributed by atoms with Crippen molar-refractivity contribution in [3.8, 4) is 11.5 Å². The van der Waals surface area contributed by atoms with E-state index in [1.165, 1.54) is 20.1 Å². The summed E-state index contributed by atoms with van der Waals surface area (Å²) in [6.07, 6.45) is 1.34. The molecule has 186 valence electrons. The number of benzene rings is 3. The van der Waals surface area contributed by atoms with Gasteiger partial charge in [-0.25, -0.2) is 22.0 Å². The van der Waals surface area contributed by atoms with E-state index in [1.807, 2.05) is 6.07 Å². The maximum atomic E-state index is 14.2. The summed E-state index contributed by atoms with van der Waals surface area (Å²) >= 11 is 5.98. The van der Waals surface area contributed by atoms with Gasteiger partial charge in [-0.1, -0.05) is 29.8 Å². The average Bonchev–Trinajstić information content (AvgIpc) is 3.13. The first-order valence-corrected chi connectivity index (χ1v) is 10.7. The van der Waals surface area contributed by atoms with Crippen LogP contribution in [0.2, 0.25) is 5.02 Å². The quantitative estimate of drug-likeness (QED) is 0.162. The Kier molecular flexibility index (Phi) is 6.98. The number of methoxy groups -OCH3 is 1. The van der Waals surface area contributed by atoms with Crippen LogP contribution < -0.4 is 14.5 Å². The van der Waals surface area contributed by atoms with Gasteiger partial charge >= 0.3 is 0 Å². The van der Waals surface area contributed by atoms with Gasteiger partial charge in [-0.3, -0.25) is 4.79 Å². The highest BCUT2D eigenvalue weighted by Gasteiger charge is 2.37. The van der Waals surface area contributed by atoms with E-state index in [1.54, 1.807) is 36.4 Å². The Morgan fingerprint density at radius 3 is 2.25 bits per heavy atom. The van der Waals surface area contributed by atoms with Crippen molar-refractivity contribution in [2.45, 2.75) is 13.5 Å². The minimum atomic E-state index is -2.33. The van der Waals surface area contributed by atoms with Crippen LogP contribution in [0.5, 0.6) is 11.5 Å². The second-order valence-corrected chi connectivity index (χ2v) is 8.04. The van der Waals surface area contributed by atoms with Gasteiger partial charge in [-0.15, -0.1) is 0 Å². The zero-order chi connectivity index (χ0) is 26.1. The molecule has 0 unspecified atom stereocenters. The number of amides is 1. The molecule has 0 bridgehead atoms. The molecule has 1 amide bonds. The van der Waals surface area contributed by atoms with Crippen molar-refractivity contribution in [2.24, 2.45) is 5.10 Å². The van der Waals surface area contributed by atoms with Gasteiger partial charge in [0.25, 0.3) is 5.91 Å². The van der Waals surface area contributed by atoms with Crippen molar-refractivity contribution < 1.29 is 36.2 Å². The number of hydrogen-bond acceptors (Lipinski definition) is 4. The Balaban J connectivity index is 1.62. The topological polar surface area (TPSA) is 51.1 Å². The van der Waals surface area contributed by atoms with Gasteiger partial charge in [-0.2, -0.15) is 10.1 Å². The molecule has 0 saturated heterocycles. The highest BCUT2D eigenvalue weighted by Crippen LogP contribution is 2.35. The second kappa shape index (κ2) is 9.98. The molecule has 0 atom stereocenters. The summed E-state index contributed by atoms with van der Waals surface area (Å²) in [7, 11) is 1.41. The predicted molar refractivity (Wildman–Crippen MR) is 124 cm³/mol. The van der Waals surface area contributed by atoms with Crippen molar-refractivity contribution in [1.29, 1.82) is 0 Å². The number of ether oxygens (including phenoxy) is 2. The fourth-order valence-electron chi connectivity index (χ4n) is 3.46. The molecular formula is C25H16ClF5N2O3. The van der Waals surface area contributed by atoms with Crippen LogP contribution in [-0.4, -0.2) is 18.7 Å². The number of carbonyl (C=O) groups is 1. The highest BCUT2D eigenvalue weighted by atomic mass is 35.5. The molecule has 0 fully saturated rings. The van der Waals surface area contributed by atoms with Crippen molar-refractivity contribution >= 4 is 35.0 Å². The fourth-order valence-corrected chi connectivity index (χ4v) is 3.68. The van der Waals surface area contributed by atoms with Gasteiger partial charge in [0, 0.05) is 5.02 Å². The van der Waals surface area contributed by atoms with E-state index in [9.17, 15) is 26.7 Å². The summed E-state index contributed by atoms with van der Waals surface area (Å²) in [6, 6.07) is 11.8. The molecule has 36 heavy (non-hydrogen) atoms. The van der Waals surface area contributed by atoms with Crippen LogP contribution >= 0.6 is 11.6 Å². The number of hydrogen-bond donors (Lipinski definition) is 0. The smallest absolute Gasteiger partial charge is 0.280 e. The summed E-state index contributed by atoms with van der Waals surface area (Å²) in [4.78, 5) is 12.8. The first-order valence-electron chi connectivity index (χ1n) is 10.3. The van der Waals surface area contributed by atoms with E-state index in [0.29, 0.717) is 22.1 Å². The lowest BCUT2D eigenvalue weighted by atomic mass is 10.1. The third kappa shape index (κ3) is 4.64. The summed E-state index contributed by atoms with van der Waals surface area (Å²) < 4.78 is 80.3. The second-order valence-electron chi connectivity index (χ2n) is 7.61. The van der Waals surface area contributed by atoms with Gasteiger partial charge in [0.15, 0.2) is 34.8 Å². The summed E-state index contributed by atoms with van der Waals surface area (Å²) in [5, 5.41) is 4.42. The van der Waals surface area contributed by atoms with Crippen LogP contribution in [0.1, 0.15) is 18.1 Å². The molecule has 11 heteroatoms. The normalized spacial score (nSPS) is 14.4. The van der Waals surface area contributed by atoms with E-state index >= 15 is 0 Å². The molecule has 3 aromatic carbocycles. The maximum absolute atomic E-state index is 14.2. The first-order chi connectivity index (χ1) is 17.1. The number of anilines is 1. The predicted octanol–water partition coefficient (Wildman–Crippen LogP) is 6.43. The SMILES string of the molecule is COc1cc(/C=C2\C(=O)N(c3c(F)c(F)c(F)c(F)c3F)N=C2C)ccc1OCc1cccc(Cl)c1. The average molecular weight is 523 g/mol. The van der Waals surface area contributed by atoms with Crippen LogP contribution in [0.25, 0.3) is 6.08 Å². The summed E-state index contributed by atoms with van der Waals surface area (Å²) in [5.74, 6) is -11.4. The number of halogens is 6. The van der Waals surface area contributed by atoms with Crippen LogP contribution in [0, 0.1) is 29.1 Å². The molecule has 0 aromatic heterocycles. The van der Waals surface area contributed by atoms with Crippen LogP contribution in [0.15, 0.2) is 53.1 Å².